The number of carbonyl (C=O) groups is 1. The predicted molar refractivity (Wildman–Crippen MR) is 79.5 cm³/mol. The van der Waals surface area contributed by atoms with Gasteiger partial charge in [-0.25, -0.2) is 9.78 Å². The molecule has 0 aliphatic heterocycles. The lowest BCUT2D eigenvalue weighted by molar-refractivity contribution is 0.0685. The van der Waals surface area contributed by atoms with E-state index in [0.717, 1.165) is 16.3 Å². The van der Waals surface area contributed by atoms with E-state index < -0.39 is 5.97 Å². The van der Waals surface area contributed by atoms with E-state index in [4.69, 9.17) is 4.74 Å². The second kappa shape index (κ2) is 5.63. The van der Waals surface area contributed by atoms with E-state index in [1.165, 1.54) is 0 Å². The maximum Gasteiger partial charge on any atom is 0.358 e. The highest BCUT2D eigenvalue weighted by atomic mass is 16.5. The number of pyridine rings is 1. The van der Waals surface area contributed by atoms with Gasteiger partial charge in [0.1, 0.15) is 6.61 Å². The van der Waals surface area contributed by atoms with Crippen molar-refractivity contribution in [3.8, 4) is 5.75 Å². The van der Waals surface area contributed by atoms with Crippen LogP contribution in [-0.4, -0.2) is 16.1 Å². The predicted octanol–water partition coefficient (Wildman–Crippen LogP) is 3.51. The summed E-state index contributed by atoms with van der Waals surface area (Å²) in [5, 5.41) is 10.9. The summed E-state index contributed by atoms with van der Waals surface area (Å²) >= 11 is 0. The second-order valence-corrected chi connectivity index (χ2v) is 4.60. The molecule has 21 heavy (non-hydrogen) atoms. The van der Waals surface area contributed by atoms with Gasteiger partial charge in [0.05, 0.1) is 0 Å². The molecule has 0 aliphatic carbocycles. The van der Waals surface area contributed by atoms with Crippen LogP contribution >= 0.6 is 0 Å². The van der Waals surface area contributed by atoms with E-state index in [1.807, 2.05) is 54.6 Å². The largest absolute Gasteiger partial charge is 0.486 e. The van der Waals surface area contributed by atoms with Gasteiger partial charge in [0.15, 0.2) is 11.4 Å². The Morgan fingerprint density at radius 3 is 2.52 bits per heavy atom. The molecule has 104 valence electrons. The zero-order chi connectivity index (χ0) is 14.7. The SMILES string of the molecule is O=C(O)c1ncc2ccccc2c1OCc1ccccc1. The third-order valence-corrected chi connectivity index (χ3v) is 3.18. The first-order valence-corrected chi connectivity index (χ1v) is 6.53. The Morgan fingerprint density at radius 2 is 1.76 bits per heavy atom. The number of aromatic nitrogens is 1. The maximum atomic E-state index is 11.3. The van der Waals surface area contributed by atoms with Gasteiger partial charge in [-0.2, -0.15) is 0 Å². The van der Waals surface area contributed by atoms with Gasteiger partial charge in [0, 0.05) is 17.0 Å². The zero-order valence-electron chi connectivity index (χ0n) is 11.2. The highest BCUT2D eigenvalue weighted by Gasteiger charge is 2.16. The van der Waals surface area contributed by atoms with E-state index in [0.29, 0.717) is 12.4 Å². The Bertz CT molecular complexity index is 784. The van der Waals surface area contributed by atoms with Crippen LogP contribution in [0.25, 0.3) is 10.8 Å². The number of carboxylic acids is 1. The highest BCUT2D eigenvalue weighted by molar-refractivity contribution is 5.98. The van der Waals surface area contributed by atoms with Crippen molar-refractivity contribution in [2.75, 3.05) is 0 Å². The number of hydrogen-bond acceptors (Lipinski definition) is 3. The Hall–Kier alpha value is -2.88. The molecule has 0 amide bonds. The highest BCUT2D eigenvalue weighted by Crippen LogP contribution is 2.28. The minimum atomic E-state index is -1.09. The molecule has 4 heteroatoms. The summed E-state index contributed by atoms with van der Waals surface area (Å²) in [5.74, 6) is -0.784. The van der Waals surface area contributed by atoms with Crippen molar-refractivity contribution < 1.29 is 14.6 Å². The van der Waals surface area contributed by atoms with E-state index in [2.05, 4.69) is 4.98 Å². The molecule has 1 aromatic heterocycles. The fourth-order valence-corrected chi connectivity index (χ4v) is 2.16. The van der Waals surface area contributed by atoms with Crippen molar-refractivity contribution in [2.45, 2.75) is 6.61 Å². The van der Waals surface area contributed by atoms with Gasteiger partial charge in [0.2, 0.25) is 0 Å². The van der Waals surface area contributed by atoms with Crippen molar-refractivity contribution in [3.05, 3.63) is 72.1 Å². The van der Waals surface area contributed by atoms with Gasteiger partial charge in [-0.3, -0.25) is 0 Å². The van der Waals surface area contributed by atoms with Crippen molar-refractivity contribution in [3.63, 3.8) is 0 Å². The summed E-state index contributed by atoms with van der Waals surface area (Å²) in [7, 11) is 0. The molecule has 0 bridgehead atoms. The average molecular weight is 279 g/mol. The summed E-state index contributed by atoms with van der Waals surface area (Å²) in [4.78, 5) is 15.3. The number of rotatable bonds is 4. The smallest absolute Gasteiger partial charge is 0.358 e. The molecular weight excluding hydrogens is 266 g/mol. The van der Waals surface area contributed by atoms with Crippen LogP contribution < -0.4 is 4.74 Å². The third kappa shape index (κ3) is 2.69. The first-order valence-electron chi connectivity index (χ1n) is 6.53. The van der Waals surface area contributed by atoms with Crippen LogP contribution in [-0.2, 0) is 6.61 Å². The molecule has 0 unspecified atom stereocenters. The van der Waals surface area contributed by atoms with Gasteiger partial charge >= 0.3 is 5.97 Å². The molecule has 0 atom stereocenters. The topological polar surface area (TPSA) is 59.4 Å². The minimum Gasteiger partial charge on any atom is -0.486 e. The molecule has 0 radical (unpaired) electrons. The molecule has 0 saturated heterocycles. The zero-order valence-corrected chi connectivity index (χ0v) is 11.2. The van der Waals surface area contributed by atoms with Crippen LogP contribution in [0.3, 0.4) is 0 Å². The number of carboxylic acid groups (broad SMARTS) is 1. The van der Waals surface area contributed by atoms with Crippen LogP contribution in [0.1, 0.15) is 16.1 Å². The molecular formula is C17H13NO3. The van der Waals surface area contributed by atoms with Gasteiger partial charge in [-0.15, -0.1) is 0 Å². The summed E-state index contributed by atoms with van der Waals surface area (Å²) < 4.78 is 5.75. The van der Waals surface area contributed by atoms with Crippen LogP contribution in [0.4, 0.5) is 0 Å². The summed E-state index contributed by atoms with van der Waals surface area (Å²) in [6, 6.07) is 17.1. The Balaban J connectivity index is 2.02. The normalized spacial score (nSPS) is 10.5. The summed E-state index contributed by atoms with van der Waals surface area (Å²) in [5.41, 5.74) is 0.909. The van der Waals surface area contributed by atoms with E-state index in [1.54, 1.807) is 6.20 Å². The van der Waals surface area contributed by atoms with Crippen LogP contribution in [0.2, 0.25) is 0 Å². The maximum absolute atomic E-state index is 11.3. The van der Waals surface area contributed by atoms with E-state index in [-0.39, 0.29) is 5.69 Å². The van der Waals surface area contributed by atoms with Crippen LogP contribution in [0, 0.1) is 0 Å². The molecule has 3 rings (SSSR count). The lowest BCUT2D eigenvalue weighted by Crippen LogP contribution is -2.06. The quantitative estimate of drug-likeness (QED) is 0.794. The molecule has 0 spiro atoms. The molecule has 0 fully saturated rings. The lowest BCUT2D eigenvalue weighted by atomic mass is 10.1. The van der Waals surface area contributed by atoms with Gasteiger partial charge in [-0.1, -0.05) is 54.6 Å². The molecule has 0 saturated carbocycles. The molecule has 3 aromatic rings. The van der Waals surface area contributed by atoms with Crippen molar-refractivity contribution in [1.29, 1.82) is 0 Å². The minimum absolute atomic E-state index is 0.0652. The average Bonchev–Trinajstić information content (AvgIpc) is 2.53. The lowest BCUT2D eigenvalue weighted by Gasteiger charge is -2.11. The van der Waals surface area contributed by atoms with Gasteiger partial charge < -0.3 is 9.84 Å². The molecule has 1 heterocycles. The molecule has 2 aromatic carbocycles. The number of fused-ring (bicyclic) bond motifs is 1. The monoisotopic (exact) mass is 279 g/mol. The standard InChI is InChI=1S/C17H13NO3/c19-17(20)15-16(21-11-12-6-2-1-3-7-12)14-9-5-4-8-13(14)10-18-15/h1-10H,11H2,(H,19,20). The second-order valence-electron chi connectivity index (χ2n) is 4.60. The molecule has 0 aliphatic rings. The van der Waals surface area contributed by atoms with E-state index >= 15 is 0 Å². The first kappa shape index (κ1) is 13.1. The Morgan fingerprint density at radius 1 is 1.05 bits per heavy atom. The fourth-order valence-electron chi connectivity index (χ4n) is 2.16. The Labute approximate surface area is 121 Å². The van der Waals surface area contributed by atoms with Crippen LogP contribution in [0.15, 0.2) is 60.8 Å². The number of aromatic carboxylic acids is 1. The van der Waals surface area contributed by atoms with E-state index in [9.17, 15) is 9.90 Å². The first-order chi connectivity index (χ1) is 10.3. The van der Waals surface area contributed by atoms with Gasteiger partial charge in [-0.05, 0) is 5.56 Å². The number of hydrogen-bond donors (Lipinski definition) is 1. The van der Waals surface area contributed by atoms with Crippen molar-refractivity contribution in [2.24, 2.45) is 0 Å². The van der Waals surface area contributed by atoms with Crippen molar-refractivity contribution >= 4 is 16.7 Å². The molecule has 4 nitrogen and oxygen atoms in total. The number of nitrogens with zero attached hydrogens (tertiary/aromatic N) is 1. The van der Waals surface area contributed by atoms with Gasteiger partial charge in [0.25, 0.3) is 0 Å². The number of ether oxygens (including phenoxy) is 1. The summed E-state index contributed by atoms with van der Waals surface area (Å²) in [6.07, 6.45) is 1.55. The number of benzene rings is 2. The summed E-state index contributed by atoms with van der Waals surface area (Å²) in [6.45, 7) is 0.302. The fraction of sp³-hybridized carbons (Fsp3) is 0.0588. The van der Waals surface area contributed by atoms with Crippen molar-refractivity contribution in [1.82, 2.24) is 4.98 Å². The Kier molecular flexibility index (Phi) is 3.51. The third-order valence-electron chi connectivity index (χ3n) is 3.18. The molecule has 1 N–H and O–H groups in total. The van der Waals surface area contributed by atoms with Crippen LogP contribution in [0.5, 0.6) is 5.75 Å².